The minimum atomic E-state index is -0.318. The number of nitrogens with zero attached hydrogens (tertiary/aromatic N) is 2. The van der Waals surface area contributed by atoms with E-state index >= 15 is 0 Å². The molecule has 1 fully saturated rings. The molecular formula is C15H21N3O2. The summed E-state index contributed by atoms with van der Waals surface area (Å²) in [7, 11) is 0. The van der Waals surface area contributed by atoms with Gasteiger partial charge in [-0.2, -0.15) is 0 Å². The van der Waals surface area contributed by atoms with Crippen molar-refractivity contribution in [3.8, 4) is 0 Å². The second-order valence-corrected chi connectivity index (χ2v) is 5.05. The smallest absolute Gasteiger partial charge is 0.254 e. The third-order valence-electron chi connectivity index (χ3n) is 3.67. The molecule has 0 bridgehead atoms. The Hall–Kier alpha value is -1.88. The molecule has 1 aromatic rings. The maximum absolute atomic E-state index is 12.5. The molecule has 1 aliphatic heterocycles. The summed E-state index contributed by atoms with van der Waals surface area (Å²) < 4.78 is 0. The number of rotatable bonds is 4. The van der Waals surface area contributed by atoms with Crippen molar-refractivity contribution in [2.45, 2.75) is 13.3 Å². The van der Waals surface area contributed by atoms with Crippen LogP contribution in [0.3, 0.4) is 0 Å². The standard InChI is InChI=1S/C15H21N3O2/c1-2-12-5-3-4-6-13(12)15(20)18-9-7-17(8-10-18)11-14(16)19/h3-6H,2,7-11H2,1H3,(H2,16,19). The second kappa shape index (κ2) is 6.52. The molecule has 1 heterocycles. The van der Waals surface area contributed by atoms with Gasteiger partial charge in [-0.25, -0.2) is 0 Å². The molecule has 108 valence electrons. The summed E-state index contributed by atoms with van der Waals surface area (Å²) >= 11 is 0. The van der Waals surface area contributed by atoms with Crippen LogP contribution in [0.15, 0.2) is 24.3 Å². The zero-order chi connectivity index (χ0) is 14.5. The van der Waals surface area contributed by atoms with Crippen LogP contribution in [-0.2, 0) is 11.2 Å². The Morgan fingerprint density at radius 3 is 2.40 bits per heavy atom. The van der Waals surface area contributed by atoms with Gasteiger partial charge in [0.2, 0.25) is 5.91 Å². The van der Waals surface area contributed by atoms with E-state index in [9.17, 15) is 9.59 Å². The predicted molar refractivity (Wildman–Crippen MR) is 77.4 cm³/mol. The number of primary amides is 1. The molecule has 2 rings (SSSR count). The first kappa shape index (κ1) is 14.5. The lowest BCUT2D eigenvalue weighted by Gasteiger charge is -2.34. The number of carbonyl (C=O) groups is 2. The number of piperazine rings is 1. The van der Waals surface area contributed by atoms with E-state index in [1.807, 2.05) is 34.1 Å². The second-order valence-electron chi connectivity index (χ2n) is 5.05. The quantitative estimate of drug-likeness (QED) is 0.869. The molecule has 0 unspecified atom stereocenters. The Morgan fingerprint density at radius 2 is 1.80 bits per heavy atom. The van der Waals surface area contributed by atoms with Crippen molar-refractivity contribution in [2.75, 3.05) is 32.7 Å². The summed E-state index contributed by atoms with van der Waals surface area (Å²) in [4.78, 5) is 27.2. The van der Waals surface area contributed by atoms with E-state index in [-0.39, 0.29) is 18.4 Å². The van der Waals surface area contributed by atoms with Crippen molar-refractivity contribution >= 4 is 11.8 Å². The average Bonchev–Trinajstić information content (AvgIpc) is 2.46. The van der Waals surface area contributed by atoms with E-state index in [0.717, 1.165) is 17.5 Å². The van der Waals surface area contributed by atoms with Crippen LogP contribution < -0.4 is 5.73 Å². The fourth-order valence-electron chi connectivity index (χ4n) is 2.54. The van der Waals surface area contributed by atoms with Gasteiger partial charge in [0.05, 0.1) is 6.54 Å². The van der Waals surface area contributed by atoms with Gasteiger partial charge in [-0.1, -0.05) is 25.1 Å². The van der Waals surface area contributed by atoms with Crippen LogP contribution in [0.4, 0.5) is 0 Å². The SMILES string of the molecule is CCc1ccccc1C(=O)N1CCN(CC(N)=O)CC1. The number of aryl methyl sites for hydroxylation is 1. The summed E-state index contributed by atoms with van der Waals surface area (Å²) in [5.41, 5.74) is 7.06. The fourth-order valence-corrected chi connectivity index (χ4v) is 2.54. The molecular weight excluding hydrogens is 254 g/mol. The molecule has 0 aromatic heterocycles. The van der Waals surface area contributed by atoms with Crippen LogP contribution in [0.5, 0.6) is 0 Å². The van der Waals surface area contributed by atoms with Crippen molar-refractivity contribution in [1.29, 1.82) is 0 Å². The molecule has 0 radical (unpaired) electrons. The molecule has 1 saturated heterocycles. The number of benzene rings is 1. The highest BCUT2D eigenvalue weighted by Crippen LogP contribution is 2.14. The number of nitrogens with two attached hydrogens (primary N) is 1. The average molecular weight is 275 g/mol. The molecule has 0 atom stereocenters. The molecule has 0 spiro atoms. The maximum Gasteiger partial charge on any atom is 0.254 e. The van der Waals surface area contributed by atoms with Gasteiger partial charge >= 0.3 is 0 Å². The Balaban J connectivity index is 2.00. The van der Waals surface area contributed by atoms with Gasteiger partial charge in [0.25, 0.3) is 5.91 Å². The first-order chi connectivity index (χ1) is 9.61. The zero-order valence-electron chi connectivity index (χ0n) is 11.8. The lowest BCUT2D eigenvalue weighted by atomic mass is 10.0. The molecule has 2 N–H and O–H groups in total. The Labute approximate surface area is 119 Å². The molecule has 5 nitrogen and oxygen atoms in total. The molecule has 1 aromatic carbocycles. The molecule has 20 heavy (non-hydrogen) atoms. The largest absolute Gasteiger partial charge is 0.369 e. The molecule has 0 saturated carbocycles. The maximum atomic E-state index is 12.5. The number of hydrogen-bond donors (Lipinski definition) is 1. The monoisotopic (exact) mass is 275 g/mol. The van der Waals surface area contributed by atoms with Crippen LogP contribution in [-0.4, -0.2) is 54.3 Å². The highest BCUT2D eigenvalue weighted by Gasteiger charge is 2.23. The van der Waals surface area contributed by atoms with Crippen molar-refractivity contribution in [3.63, 3.8) is 0 Å². The van der Waals surface area contributed by atoms with Crippen molar-refractivity contribution in [3.05, 3.63) is 35.4 Å². The Morgan fingerprint density at radius 1 is 1.15 bits per heavy atom. The normalized spacial score (nSPS) is 16.1. The van der Waals surface area contributed by atoms with E-state index in [0.29, 0.717) is 26.2 Å². The fraction of sp³-hybridized carbons (Fsp3) is 0.467. The van der Waals surface area contributed by atoms with Gasteiger partial charge in [0.1, 0.15) is 0 Å². The van der Waals surface area contributed by atoms with Crippen LogP contribution in [0.2, 0.25) is 0 Å². The first-order valence-electron chi connectivity index (χ1n) is 6.99. The first-order valence-corrected chi connectivity index (χ1v) is 6.99. The summed E-state index contributed by atoms with van der Waals surface area (Å²) in [6.45, 7) is 5.00. The third kappa shape index (κ3) is 3.36. The van der Waals surface area contributed by atoms with Crippen LogP contribution in [0.25, 0.3) is 0 Å². The topological polar surface area (TPSA) is 66.6 Å². The van der Waals surface area contributed by atoms with Crippen LogP contribution in [0, 0.1) is 0 Å². The van der Waals surface area contributed by atoms with E-state index in [1.165, 1.54) is 0 Å². The van der Waals surface area contributed by atoms with Crippen LogP contribution in [0.1, 0.15) is 22.8 Å². The van der Waals surface area contributed by atoms with Gasteiger partial charge in [0, 0.05) is 31.7 Å². The van der Waals surface area contributed by atoms with Crippen molar-refractivity contribution in [1.82, 2.24) is 9.80 Å². The summed E-state index contributed by atoms with van der Waals surface area (Å²) in [6.07, 6.45) is 0.851. The highest BCUT2D eigenvalue weighted by atomic mass is 16.2. The highest BCUT2D eigenvalue weighted by molar-refractivity contribution is 5.95. The van der Waals surface area contributed by atoms with Gasteiger partial charge in [-0.15, -0.1) is 0 Å². The number of amides is 2. The van der Waals surface area contributed by atoms with Crippen molar-refractivity contribution < 1.29 is 9.59 Å². The lowest BCUT2D eigenvalue weighted by Crippen LogP contribution is -2.50. The Bertz CT molecular complexity index is 494. The van der Waals surface area contributed by atoms with Gasteiger partial charge in [-0.05, 0) is 18.1 Å². The number of carbonyl (C=O) groups excluding carboxylic acids is 2. The predicted octanol–water partition coefficient (Wildman–Crippen LogP) is 0.492. The zero-order valence-corrected chi connectivity index (χ0v) is 11.8. The van der Waals surface area contributed by atoms with Crippen molar-refractivity contribution in [2.24, 2.45) is 5.73 Å². The van der Waals surface area contributed by atoms with E-state index < -0.39 is 0 Å². The minimum Gasteiger partial charge on any atom is -0.369 e. The lowest BCUT2D eigenvalue weighted by molar-refractivity contribution is -0.119. The summed E-state index contributed by atoms with van der Waals surface area (Å²) in [5, 5.41) is 0. The molecule has 5 heteroatoms. The van der Waals surface area contributed by atoms with Gasteiger partial charge < -0.3 is 10.6 Å². The summed E-state index contributed by atoms with van der Waals surface area (Å²) in [6, 6.07) is 7.74. The van der Waals surface area contributed by atoms with Gasteiger partial charge in [0.15, 0.2) is 0 Å². The van der Waals surface area contributed by atoms with E-state index in [1.54, 1.807) is 0 Å². The minimum absolute atomic E-state index is 0.0844. The van der Waals surface area contributed by atoms with Crippen LogP contribution >= 0.6 is 0 Å². The third-order valence-corrected chi connectivity index (χ3v) is 3.67. The van der Waals surface area contributed by atoms with E-state index in [2.05, 4.69) is 6.92 Å². The molecule has 0 aliphatic carbocycles. The summed E-state index contributed by atoms with van der Waals surface area (Å²) in [5.74, 6) is -0.234. The molecule has 2 amide bonds. The van der Waals surface area contributed by atoms with Gasteiger partial charge in [-0.3, -0.25) is 14.5 Å². The number of hydrogen-bond acceptors (Lipinski definition) is 3. The van der Waals surface area contributed by atoms with E-state index in [4.69, 9.17) is 5.73 Å². The molecule has 1 aliphatic rings. The Kier molecular flexibility index (Phi) is 4.74.